The number of aromatic amines is 1. The summed E-state index contributed by atoms with van der Waals surface area (Å²) < 4.78 is 22.5. The summed E-state index contributed by atoms with van der Waals surface area (Å²) in [7, 11) is -3.14. The third kappa shape index (κ3) is 2.80. The highest BCUT2D eigenvalue weighted by atomic mass is 32.2. The quantitative estimate of drug-likeness (QED) is 0.882. The number of aromatic nitrogens is 2. The van der Waals surface area contributed by atoms with Crippen molar-refractivity contribution in [3.05, 3.63) is 30.5 Å². The normalized spacial score (nSPS) is 11.6. The van der Waals surface area contributed by atoms with E-state index in [9.17, 15) is 8.42 Å². The maximum Gasteiger partial charge on any atom is 0.175 e. The second kappa shape index (κ2) is 4.42. The van der Waals surface area contributed by atoms with Gasteiger partial charge in [0.05, 0.1) is 16.0 Å². The Bertz CT molecular complexity index is 617. The molecule has 0 unspecified atom stereocenters. The molecule has 0 spiro atoms. The molecule has 0 amide bonds. The van der Waals surface area contributed by atoms with Gasteiger partial charge >= 0.3 is 0 Å². The zero-order valence-corrected chi connectivity index (χ0v) is 10.7. The Morgan fingerprint density at radius 1 is 1.29 bits per heavy atom. The minimum atomic E-state index is -3.14. The maximum absolute atomic E-state index is 11.3. The second-order valence-electron chi connectivity index (χ2n) is 3.49. The number of hydrogen-bond donors (Lipinski definition) is 2. The van der Waals surface area contributed by atoms with Gasteiger partial charge in [0.2, 0.25) is 0 Å². The van der Waals surface area contributed by atoms with Crippen LogP contribution in [-0.4, -0.2) is 24.9 Å². The number of anilines is 1. The van der Waals surface area contributed by atoms with Crippen molar-refractivity contribution in [1.82, 2.24) is 10.2 Å². The summed E-state index contributed by atoms with van der Waals surface area (Å²) in [5.41, 5.74) is 5.65. The summed E-state index contributed by atoms with van der Waals surface area (Å²) in [4.78, 5) is 2.03. The number of rotatable bonds is 3. The zero-order valence-electron chi connectivity index (χ0n) is 9.04. The summed E-state index contributed by atoms with van der Waals surface area (Å²) in [6, 6.07) is 6.64. The maximum atomic E-state index is 11.3. The van der Waals surface area contributed by atoms with E-state index in [1.807, 2.05) is 0 Å². The molecule has 0 fully saturated rings. The Balaban J connectivity index is 2.23. The van der Waals surface area contributed by atoms with Crippen molar-refractivity contribution in [2.45, 2.75) is 14.7 Å². The fourth-order valence-electron chi connectivity index (χ4n) is 1.25. The molecule has 17 heavy (non-hydrogen) atoms. The van der Waals surface area contributed by atoms with E-state index in [-0.39, 0.29) is 0 Å². The molecule has 1 heterocycles. The van der Waals surface area contributed by atoms with Gasteiger partial charge in [0.1, 0.15) is 5.82 Å². The average Bonchev–Trinajstić information content (AvgIpc) is 2.64. The molecular formula is C10H11N3O2S2. The zero-order chi connectivity index (χ0) is 12.5. The van der Waals surface area contributed by atoms with Crippen LogP contribution in [0.5, 0.6) is 0 Å². The molecule has 2 rings (SSSR count). The van der Waals surface area contributed by atoms with Gasteiger partial charge in [-0.2, -0.15) is 5.10 Å². The molecule has 0 radical (unpaired) electrons. The molecule has 0 bridgehead atoms. The molecule has 3 N–H and O–H groups in total. The summed E-state index contributed by atoms with van der Waals surface area (Å²) in [6.45, 7) is 0. The lowest BCUT2D eigenvalue weighted by atomic mass is 10.4. The van der Waals surface area contributed by atoms with E-state index in [1.54, 1.807) is 30.5 Å². The summed E-state index contributed by atoms with van der Waals surface area (Å²) in [6.07, 6.45) is 2.81. The molecular weight excluding hydrogens is 258 g/mol. The third-order valence-electron chi connectivity index (χ3n) is 2.11. The van der Waals surface area contributed by atoms with Gasteiger partial charge in [-0.3, -0.25) is 5.10 Å². The number of H-pyrrole nitrogens is 1. The minimum Gasteiger partial charge on any atom is -0.383 e. The predicted molar refractivity (Wildman–Crippen MR) is 66.7 cm³/mol. The van der Waals surface area contributed by atoms with Crippen LogP contribution in [-0.2, 0) is 9.84 Å². The van der Waals surface area contributed by atoms with Gasteiger partial charge in [-0.15, -0.1) is 0 Å². The number of hydrogen-bond acceptors (Lipinski definition) is 5. The van der Waals surface area contributed by atoms with Crippen LogP contribution < -0.4 is 5.73 Å². The third-order valence-corrected chi connectivity index (χ3v) is 4.29. The first kappa shape index (κ1) is 12.0. The topological polar surface area (TPSA) is 88.8 Å². The van der Waals surface area contributed by atoms with Gasteiger partial charge in [-0.25, -0.2) is 8.42 Å². The molecule has 0 aliphatic rings. The molecule has 0 saturated carbocycles. The average molecular weight is 269 g/mol. The van der Waals surface area contributed by atoms with Gasteiger partial charge in [0.25, 0.3) is 0 Å². The van der Waals surface area contributed by atoms with Crippen molar-refractivity contribution in [2.75, 3.05) is 12.0 Å². The smallest absolute Gasteiger partial charge is 0.175 e. The minimum absolute atomic E-state index is 0.307. The molecule has 5 nitrogen and oxygen atoms in total. The van der Waals surface area contributed by atoms with Crippen LogP contribution in [0.3, 0.4) is 0 Å². The molecule has 90 valence electrons. The fraction of sp³-hybridized carbons (Fsp3) is 0.100. The largest absolute Gasteiger partial charge is 0.383 e. The highest BCUT2D eigenvalue weighted by Gasteiger charge is 2.08. The van der Waals surface area contributed by atoms with Gasteiger partial charge in [-0.1, -0.05) is 11.8 Å². The Hall–Kier alpha value is -1.47. The van der Waals surface area contributed by atoms with Crippen LogP contribution in [0.1, 0.15) is 0 Å². The molecule has 7 heteroatoms. The van der Waals surface area contributed by atoms with Gasteiger partial charge in [-0.05, 0) is 24.3 Å². The lowest BCUT2D eigenvalue weighted by molar-refractivity contribution is 0.602. The number of nitrogens with two attached hydrogens (primary N) is 1. The van der Waals surface area contributed by atoms with Crippen LogP contribution in [0.4, 0.5) is 5.82 Å². The molecule has 0 aliphatic carbocycles. The Labute approximate surface area is 103 Å². The Kier molecular flexibility index (Phi) is 3.12. The first-order chi connectivity index (χ1) is 7.97. The Morgan fingerprint density at radius 3 is 2.41 bits per heavy atom. The van der Waals surface area contributed by atoms with Crippen LogP contribution in [0, 0.1) is 0 Å². The standard InChI is InChI=1S/C10H11N3O2S2/c1-17(14,15)8-4-2-7(3-5-8)16-9-6-12-13-10(9)11/h2-6H,1H3,(H3,11,12,13). The SMILES string of the molecule is CS(=O)(=O)c1ccc(Sc2cn[nH]c2N)cc1. The van der Waals surface area contributed by atoms with E-state index in [0.717, 1.165) is 9.79 Å². The van der Waals surface area contributed by atoms with Crippen LogP contribution >= 0.6 is 11.8 Å². The molecule has 0 atom stereocenters. The van der Waals surface area contributed by atoms with Gasteiger partial charge in [0, 0.05) is 11.2 Å². The van der Waals surface area contributed by atoms with Crippen molar-refractivity contribution >= 4 is 27.4 Å². The summed E-state index contributed by atoms with van der Waals surface area (Å²) in [5, 5.41) is 6.44. The van der Waals surface area contributed by atoms with E-state index >= 15 is 0 Å². The number of nitrogens with one attached hydrogen (secondary N) is 1. The summed E-state index contributed by atoms with van der Waals surface area (Å²) in [5.74, 6) is 0.502. The molecule has 1 aromatic carbocycles. The van der Waals surface area contributed by atoms with Crippen LogP contribution in [0.25, 0.3) is 0 Å². The highest BCUT2D eigenvalue weighted by Crippen LogP contribution is 2.30. The highest BCUT2D eigenvalue weighted by molar-refractivity contribution is 7.99. The van der Waals surface area contributed by atoms with Gasteiger partial charge in [0.15, 0.2) is 9.84 Å². The van der Waals surface area contributed by atoms with Crippen molar-refractivity contribution in [1.29, 1.82) is 0 Å². The van der Waals surface area contributed by atoms with E-state index in [4.69, 9.17) is 5.73 Å². The first-order valence-corrected chi connectivity index (χ1v) is 7.44. The number of nitrogens with zero attached hydrogens (tertiary/aromatic N) is 1. The Morgan fingerprint density at radius 2 is 1.94 bits per heavy atom. The molecule has 2 aromatic rings. The van der Waals surface area contributed by atoms with Crippen molar-refractivity contribution < 1.29 is 8.42 Å². The first-order valence-electron chi connectivity index (χ1n) is 4.73. The van der Waals surface area contributed by atoms with Crippen LogP contribution in [0.15, 0.2) is 45.1 Å². The van der Waals surface area contributed by atoms with Crippen molar-refractivity contribution in [3.8, 4) is 0 Å². The van der Waals surface area contributed by atoms with Crippen molar-refractivity contribution in [2.24, 2.45) is 0 Å². The monoisotopic (exact) mass is 269 g/mol. The molecule has 0 saturated heterocycles. The van der Waals surface area contributed by atoms with E-state index in [0.29, 0.717) is 10.7 Å². The molecule has 0 aliphatic heterocycles. The second-order valence-corrected chi connectivity index (χ2v) is 6.62. The molecule has 1 aromatic heterocycles. The lowest BCUT2D eigenvalue weighted by Crippen LogP contribution is -1.95. The van der Waals surface area contributed by atoms with E-state index in [2.05, 4.69) is 10.2 Å². The number of sulfone groups is 1. The number of benzene rings is 1. The lowest BCUT2D eigenvalue weighted by Gasteiger charge is -2.01. The van der Waals surface area contributed by atoms with Gasteiger partial charge < -0.3 is 5.73 Å². The van der Waals surface area contributed by atoms with Crippen molar-refractivity contribution in [3.63, 3.8) is 0 Å². The number of nitrogen functional groups attached to an aromatic ring is 1. The fourth-order valence-corrected chi connectivity index (χ4v) is 2.67. The predicted octanol–water partition coefficient (Wildman–Crippen LogP) is 1.55. The summed E-state index contributed by atoms with van der Waals surface area (Å²) >= 11 is 1.43. The van der Waals surface area contributed by atoms with Crippen LogP contribution in [0.2, 0.25) is 0 Å². The van der Waals surface area contributed by atoms with E-state index < -0.39 is 9.84 Å². The van der Waals surface area contributed by atoms with E-state index in [1.165, 1.54) is 18.0 Å².